The molecule has 0 saturated carbocycles. The highest BCUT2D eigenvalue weighted by Crippen LogP contribution is 2.25. The molecule has 0 atom stereocenters. The molecule has 1 fully saturated rings. The number of nitrogens with zero attached hydrogens (tertiary/aromatic N) is 2. The third-order valence-corrected chi connectivity index (χ3v) is 4.12. The lowest BCUT2D eigenvalue weighted by Crippen LogP contribution is -2.18. The van der Waals surface area contributed by atoms with Gasteiger partial charge in [-0.2, -0.15) is 0 Å². The summed E-state index contributed by atoms with van der Waals surface area (Å²) in [5.41, 5.74) is 3.37. The van der Waals surface area contributed by atoms with Gasteiger partial charge in [-0.25, -0.2) is 0 Å². The summed E-state index contributed by atoms with van der Waals surface area (Å²) < 4.78 is 0. The molecule has 1 N–H and O–H groups in total. The third-order valence-electron chi connectivity index (χ3n) is 3.88. The number of hydrogen-bond acceptors (Lipinski definition) is 3. The van der Waals surface area contributed by atoms with Crippen molar-refractivity contribution in [3.63, 3.8) is 0 Å². The fourth-order valence-corrected chi connectivity index (χ4v) is 2.84. The molecule has 114 valence electrons. The molecule has 2 heterocycles. The van der Waals surface area contributed by atoms with E-state index in [9.17, 15) is 4.79 Å². The minimum absolute atomic E-state index is 0.250. The van der Waals surface area contributed by atoms with Gasteiger partial charge in [0.2, 0.25) is 0 Å². The maximum absolute atomic E-state index is 12.2. The average Bonchev–Trinajstić information content (AvgIpc) is 3.03. The van der Waals surface area contributed by atoms with Gasteiger partial charge in [0.25, 0.3) is 5.91 Å². The summed E-state index contributed by atoms with van der Waals surface area (Å²) in [6.07, 6.45) is 4.02. The first kappa shape index (κ1) is 14.9. The molecule has 1 aliphatic heterocycles. The summed E-state index contributed by atoms with van der Waals surface area (Å²) in [5.74, 6) is -0.250. The molecule has 22 heavy (non-hydrogen) atoms. The van der Waals surface area contributed by atoms with E-state index in [2.05, 4.69) is 27.3 Å². The first-order valence-electron chi connectivity index (χ1n) is 7.42. The van der Waals surface area contributed by atoms with Crippen molar-refractivity contribution in [1.82, 2.24) is 4.98 Å². The Morgan fingerprint density at radius 3 is 2.68 bits per heavy atom. The number of hydrogen-bond donors (Lipinski definition) is 1. The molecule has 3 rings (SSSR count). The highest BCUT2D eigenvalue weighted by molar-refractivity contribution is 6.30. The summed E-state index contributed by atoms with van der Waals surface area (Å²) in [6, 6.07) is 9.33. The maximum Gasteiger partial charge on any atom is 0.274 e. The van der Waals surface area contributed by atoms with Crippen LogP contribution in [0, 0.1) is 6.92 Å². The average molecular weight is 316 g/mol. The molecular weight excluding hydrogens is 298 g/mol. The molecular formula is C17H18ClN3O. The first-order chi connectivity index (χ1) is 10.6. The van der Waals surface area contributed by atoms with Crippen molar-refractivity contribution >= 4 is 28.9 Å². The molecule has 1 aliphatic rings. The normalized spacial score (nSPS) is 14.2. The molecule has 0 bridgehead atoms. The summed E-state index contributed by atoms with van der Waals surface area (Å²) in [4.78, 5) is 18.6. The Bertz CT molecular complexity index is 696. The summed E-state index contributed by atoms with van der Waals surface area (Å²) >= 11 is 5.89. The first-order valence-corrected chi connectivity index (χ1v) is 7.80. The molecule has 5 heteroatoms. The Morgan fingerprint density at radius 1 is 1.23 bits per heavy atom. The van der Waals surface area contributed by atoms with E-state index in [-0.39, 0.29) is 5.91 Å². The van der Waals surface area contributed by atoms with Gasteiger partial charge in [-0.3, -0.25) is 9.78 Å². The number of aryl methyl sites for hydroxylation is 1. The maximum atomic E-state index is 12.2. The molecule has 1 aromatic carbocycles. The number of nitrogens with one attached hydrogen (secondary N) is 1. The van der Waals surface area contributed by atoms with Crippen molar-refractivity contribution in [3.8, 4) is 0 Å². The van der Waals surface area contributed by atoms with Crippen molar-refractivity contribution in [3.05, 3.63) is 52.8 Å². The Labute approximate surface area is 135 Å². The van der Waals surface area contributed by atoms with Crippen LogP contribution in [0.25, 0.3) is 0 Å². The molecule has 0 unspecified atom stereocenters. The van der Waals surface area contributed by atoms with E-state index in [1.807, 2.05) is 13.0 Å². The van der Waals surface area contributed by atoms with E-state index in [0.29, 0.717) is 10.7 Å². The van der Waals surface area contributed by atoms with E-state index in [4.69, 9.17) is 11.6 Å². The second-order valence-electron chi connectivity index (χ2n) is 5.51. The number of halogens is 1. The lowest BCUT2D eigenvalue weighted by Gasteiger charge is -2.19. The van der Waals surface area contributed by atoms with Gasteiger partial charge < -0.3 is 10.2 Å². The minimum atomic E-state index is -0.250. The number of anilines is 2. The zero-order chi connectivity index (χ0) is 15.5. The highest BCUT2D eigenvalue weighted by atomic mass is 35.5. The molecule has 4 nitrogen and oxygen atoms in total. The van der Waals surface area contributed by atoms with Gasteiger partial charge in [-0.1, -0.05) is 11.6 Å². The van der Waals surface area contributed by atoms with E-state index in [1.54, 1.807) is 12.1 Å². The van der Waals surface area contributed by atoms with Gasteiger partial charge in [0.1, 0.15) is 5.69 Å². The number of amides is 1. The molecule has 0 spiro atoms. The Kier molecular flexibility index (Phi) is 4.29. The van der Waals surface area contributed by atoms with E-state index in [1.165, 1.54) is 24.7 Å². The van der Waals surface area contributed by atoms with Gasteiger partial charge in [0.05, 0.1) is 0 Å². The predicted molar refractivity (Wildman–Crippen MR) is 89.8 cm³/mol. The van der Waals surface area contributed by atoms with Gasteiger partial charge in [0.15, 0.2) is 0 Å². The van der Waals surface area contributed by atoms with Gasteiger partial charge in [0, 0.05) is 35.7 Å². The summed E-state index contributed by atoms with van der Waals surface area (Å²) in [7, 11) is 0. The number of pyridine rings is 1. The van der Waals surface area contributed by atoms with Crippen LogP contribution in [-0.4, -0.2) is 24.0 Å². The third kappa shape index (κ3) is 3.22. The summed E-state index contributed by atoms with van der Waals surface area (Å²) in [5, 5.41) is 3.39. The van der Waals surface area contributed by atoms with Crippen molar-refractivity contribution in [2.24, 2.45) is 0 Å². The Balaban J connectivity index is 1.76. The fourth-order valence-electron chi connectivity index (χ4n) is 2.68. The monoisotopic (exact) mass is 315 g/mol. The van der Waals surface area contributed by atoms with Crippen LogP contribution < -0.4 is 10.2 Å². The molecule has 2 aromatic rings. The molecule has 1 amide bonds. The molecule has 1 saturated heterocycles. The Morgan fingerprint density at radius 2 is 2.00 bits per heavy atom. The second-order valence-corrected chi connectivity index (χ2v) is 5.94. The van der Waals surface area contributed by atoms with Crippen molar-refractivity contribution in [2.45, 2.75) is 19.8 Å². The quantitative estimate of drug-likeness (QED) is 0.934. The predicted octanol–water partition coefficient (Wildman–Crippen LogP) is 3.90. The van der Waals surface area contributed by atoms with Crippen molar-refractivity contribution < 1.29 is 4.79 Å². The van der Waals surface area contributed by atoms with E-state index in [0.717, 1.165) is 24.3 Å². The number of benzene rings is 1. The lowest BCUT2D eigenvalue weighted by atomic mass is 10.1. The highest BCUT2D eigenvalue weighted by Gasteiger charge is 2.14. The zero-order valence-electron chi connectivity index (χ0n) is 12.5. The lowest BCUT2D eigenvalue weighted by molar-refractivity contribution is 0.102. The zero-order valence-corrected chi connectivity index (χ0v) is 13.2. The number of carbonyl (C=O) groups excluding carboxylic acids is 1. The van der Waals surface area contributed by atoms with Crippen LogP contribution in [0.1, 0.15) is 28.9 Å². The van der Waals surface area contributed by atoms with Crippen molar-refractivity contribution in [2.75, 3.05) is 23.3 Å². The van der Waals surface area contributed by atoms with Crippen LogP contribution in [0.3, 0.4) is 0 Å². The summed E-state index contributed by atoms with van der Waals surface area (Å²) in [6.45, 7) is 4.22. The van der Waals surface area contributed by atoms with Crippen LogP contribution in [0.2, 0.25) is 5.02 Å². The van der Waals surface area contributed by atoms with E-state index < -0.39 is 0 Å². The smallest absolute Gasteiger partial charge is 0.274 e. The van der Waals surface area contributed by atoms with Crippen LogP contribution >= 0.6 is 11.6 Å². The topological polar surface area (TPSA) is 45.2 Å². The van der Waals surface area contributed by atoms with Crippen LogP contribution in [0.5, 0.6) is 0 Å². The van der Waals surface area contributed by atoms with Crippen molar-refractivity contribution in [1.29, 1.82) is 0 Å². The van der Waals surface area contributed by atoms with Gasteiger partial charge in [-0.05, 0) is 55.7 Å². The van der Waals surface area contributed by atoms with Crippen LogP contribution in [0.4, 0.5) is 11.4 Å². The standard InChI is InChI=1S/C17H18ClN3O/c1-12-10-14(21-8-2-3-9-21)4-5-15(12)20-17(22)16-11-13(18)6-7-19-16/h4-7,10-11H,2-3,8-9H2,1H3,(H,20,22). The molecule has 0 aliphatic carbocycles. The van der Waals surface area contributed by atoms with Gasteiger partial charge in [-0.15, -0.1) is 0 Å². The molecule has 0 radical (unpaired) electrons. The largest absolute Gasteiger partial charge is 0.372 e. The van der Waals surface area contributed by atoms with Crippen LogP contribution in [-0.2, 0) is 0 Å². The molecule has 1 aromatic heterocycles. The van der Waals surface area contributed by atoms with Gasteiger partial charge >= 0.3 is 0 Å². The SMILES string of the molecule is Cc1cc(N2CCCC2)ccc1NC(=O)c1cc(Cl)ccn1. The number of rotatable bonds is 3. The fraction of sp³-hybridized carbons (Fsp3) is 0.294. The van der Waals surface area contributed by atoms with E-state index >= 15 is 0 Å². The number of aromatic nitrogens is 1. The van der Waals surface area contributed by atoms with Crippen LogP contribution in [0.15, 0.2) is 36.5 Å². The Hall–Kier alpha value is -2.07. The number of carbonyl (C=O) groups is 1. The minimum Gasteiger partial charge on any atom is -0.372 e. The second kappa shape index (κ2) is 6.36.